The van der Waals surface area contributed by atoms with Gasteiger partial charge in [-0.15, -0.1) is 0 Å². The summed E-state index contributed by atoms with van der Waals surface area (Å²) in [5.41, 5.74) is 1.58. The molecule has 0 radical (unpaired) electrons. The van der Waals surface area contributed by atoms with Crippen LogP contribution in [0.2, 0.25) is 0 Å². The molecule has 0 unspecified atom stereocenters. The predicted octanol–water partition coefficient (Wildman–Crippen LogP) is 3.02. The van der Waals surface area contributed by atoms with E-state index in [2.05, 4.69) is 5.32 Å². The quantitative estimate of drug-likeness (QED) is 0.819. The Morgan fingerprint density at radius 1 is 1.15 bits per heavy atom. The molecule has 1 saturated carbocycles. The first-order valence-corrected chi connectivity index (χ1v) is 10.9. The maximum absolute atomic E-state index is 12.7. The van der Waals surface area contributed by atoms with Gasteiger partial charge in [-0.25, -0.2) is 8.42 Å². The second-order valence-corrected chi connectivity index (χ2v) is 9.49. The highest BCUT2D eigenvalue weighted by atomic mass is 32.2. The number of rotatable bonds is 5. The van der Waals surface area contributed by atoms with Crippen LogP contribution in [0.15, 0.2) is 23.1 Å². The third-order valence-corrected chi connectivity index (χ3v) is 7.30. The second-order valence-electron chi connectivity index (χ2n) is 7.38. The van der Waals surface area contributed by atoms with E-state index in [0.717, 1.165) is 24.8 Å². The van der Waals surface area contributed by atoms with Crippen LogP contribution in [0, 0.1) is 11.8 Å². The highest BCUT2D eigenvalue weighted by Gasteiger charge is 2.27. The van der Waals surface area contributed by atoms with Crippen molar-refractivity contribution in [2.45, 2.75) is 56.3 Å². The number of nitrogens with one attached hydrogen (secondary N) is 1. The number of carboxylic acid groups (broad SMARTS) is 1. The van der Waals surface area contributed by atoms with Gasteiger partial charge in [0.1, 0.15) is 0 Å². The summed E-state index contributed by atoms with van der Waals surface area (Å²) in [5.74, 6) is -0.687. The summed E-state index contributed by atoms with van der Waals surface area (Å²) in [6.07, 6.45) is 5.27. The molecule has 0 saturated heterocycles. The number of aryl methyl sites for hydroxylation is 1. The van der Waals surface area contributed by atoms with Crippen molar-refractivity contribution >= 4 is 27.4 Å². The molecule has 0 spiro atoms. The van der Waals surface area contributed by atoms with Crippen molar-refractivity contribution in [3.05, 3.63) is 23.8 Å². The van der Waals surface area contributed by atoms with Gasteiger partial charge in [-0.2, -0.15) is 0 Å². The lowest BCUT2D eigenvalue weighted by atomic mass is 9.81. The Balaban J connectivity index is 1.63. The van der Waals surface area contributed by atoms with E-state index in [4.69, 9.17) is 5.11 Å². The Labute approximate surface area is 153 Å². The summed E-state index contributed by atoms with van der Waals surface area (Å²) in [6, 6.07) is 4.95. The van der Waals surface area contributed by atoms with Gasteiger partial charge in [-0.05, 0) is 74.6 Å². The van der Waals surface area contributed by atoms with Crippen molar-refractivity contribution in [2.75, 3.05) is 11.1 Å². The second kappa shape index (κ2) is 7.78. The molecular weight excluding hydrogens is 354 g/mol. The third-order valence-electron chi connectivity index (χ3n) is 5.55. The van der Waals surface area contributed by atoms with E-state index in [1.807, 2.05) is 0 Å². The molecule has 1 aliphatic heterocycles. The standard InChI is InChI=1S/C19H25NO5S/c21-18-3-1-2-15-12-16(8-9-17(15)20-18)26(24,25)11-10-13-4-6-14(7-5-13)19(22)23/h8-9,12-14H,1-7,10-11H2,(H,20,21)(H,22,23). The van der Waals surface area contributed by atoms with Crippen molar-refractivity contribution < 1.29 is 23.1 Å². The monoisotopic (exact) mass is 379 g/mol. The van der Waals surface area contributed by atoms with Gasteiger partial charge in [-0.1, -0.05) is 0 Å². The Kier molecular flexibility index (Phi) is 5.65. The molecule has 2 N–H and O–H groups in total. The normalized spacial score (nSPS) is 23.6. The van der Waals surface area contributed by atoms with Crippen LogP contribution in [0.1, 0.15) is 50.5 Å². The van der Waals surface area contributed by atoms with Crippen molar-refractivity contribution in [3.63, 3.8) is 0 Å². The maximum atomic E-state index is 12.7. The Morgan fingerprint density at radius 3 is 2.58 bits per heavy atom. The number of amides is 1. The number of aliphatic carboxylic acids is 1. The van der Waals surface area contributed by atoms with Crippen molar-refractivity contribution in [2.24, 2.45) is 11.8 Å². The highest BCUT2D eigenvalue weighted by Crippen LogP contribution is 2.32. The first-order chi connectivity index (χ1) is 12.3. The molecule has 1 aromatic carbocycles. The predicted molar refractivity (Wildman–Crippen MR) is 97.8 cm³/mol. The molecule has 1 aromatic rings. The molecule has 0 aromatic heterocycles. The van der Waals surface area contributed by atoms with Gasteiger partial charge in [0, 0.05) is 12.1 Å². The molecule has 6 nitrogen and oxygen atoms in total. The number of carbonyl (C=O) groups excluding carboxylic acids is 1. The van der Waals surface area contributed by atoms with Gasteiger partial charge in [0.25, 0.3) is 0 Å². The summed E-state index contributed by atoms with van der Waals surface area (Å²) in [5, 5.41) is 11.9. The van der Waals surface area contributed by atoms with E-state index in [1.165, 1.54) is 0 Å². The Bertz CT molecular complexity index is 794. The van der Waals surface area contributed by atoms with Crippen LogP contribution in [0.25, 0.3) is 0 Å². The zero-order valence-electron chi connectivity index (χ0n) is 14.7. The molecule has 0 bridgehead atoms. The number of carbonyl (C=O) groups is 2. The lowest BCUT2D eigenvalue weighted by Crippen LogP contribution is -2.22. The minimum atomic E-state index is -3.38. The van der Waals surface area contributed by atoms with Crippen LogP contribution < -0.4 is 5.32 Å². The van der Waals surface area contributed by atoms with Gasteiger partial charge in [-0.3, -0.25) is 9.59 Å². The van der Waals surface area contributed by atoms with Gasteiger partial charge in [0.2, 0.25) is 5.91 Å². The van der Waals surface area contributed by atoms with E-state index in [0.29, 0.717) is 42.7 Å². The number of sulfone groups is 1. The smallest absolute Gasteiger partial charge is 0.306 e. The molecule has 7 heteroatoms. The number of fused-ring (bicyclic) bond motifs is 1. The fourth-order valence-corrected chi connectivity index (χ4v) is 5.36. The minimum Gasteiger partial charge on any atom is -0.481 e. The Morgan fingerprint density at radius 2 is 1.88 bits per heavy atom. The number of benzene rings is 1. The molecule has 142 valence electrons. The molecule has 1 amide bonds. The average Bonchev–Trinajstić information content (AvgIpc) is 2.80. The van der Waals surface area contributed by atoms with E-state index < -0.39 is 15.8 Å². The number of hydrogen-bond acceptors (Lipinski definition) is 4. The lowest BCUT2D eigenvalue weighted by molar-refractivity contribution is -0.143. The number of hydrogen-bond donors (Lipinski definition) is 2. The lowest BCUT2D eigenvalue weighted by Gasteiger charge is -2.25. The van der Waals surface area contributed by atoms with Gasteiger partial charge < -0.3 is 10.4 Å². The van der Waals surface area contributed by atoms with Crippen LogP contribution in [-0.4, -0.2) is 31.2 Å². The van der Waals surface area contributed by atoms with E-state index >= 15 is 0 Å². The minimum absolute atomic E-state index is 0.0312. The molecular formula is C19H25NO5S. The van der Waals surface area contributed by atoms with Crippen LogP contribution in [-0.2, 0) is 25.8 Å². The van der Waals surface area contributed by atoms with Gasteiger partial charge in [0.05, 0.1) is 16.6 Å². The van der Waals surface area contributed by atoms with Gasteiger partial charge in [0.15, 0.2) is 9.84 Å². The van der Waals surface area contributed by atoms with E-state index in [-0.39, 0.29) is 23.5 Å². The molecule has 1 fully saturated rings. The molecule has 0 atom stereocenters. The van der Waals surface area contributed by atoms with Crippen molar-refractivity contribution in [3.8, 4) is 0 Å². The highest BCUT2D eigenvalue weighted by molar-refractivity contribution is 7.91. The first kappa shape index (κ1) is 18.9. The van der Waals surface area contributed by atoms with Crippen LogP contribution in [0.5, 0.6) is 0 Å². The SMILES string of the molecule is O=C1CCCc2cc(S(=O)(=O)CCC3CCC(C(=O)O)CC3)ccc2N1. The fraction of sp³-hybridized carbons (Fsp3) is 0.579. The summed E-state index contributed by atoms with van der Waals surface area (Å²) < 4.78 is 25.4. The third kappa shape index (κ3) is 4.44. The van der Waals surface area contributed by atoms with Crippen LogP contribution in [0.3, 0.4) is 0 Å². The zero-order chi connectivity index (χ0) is 18.7. The molecule has 1 heterocycles. The van der Waals surface area contributed by atoms with Gasteiger partial charge >= 0.3 is 5.97 Å². The first-order valence-electron chi connectivity index (χ1n) is 9.23. The van der Waals surface area contributed by atoms with Crippen LogP contribution >= 0.6 is 0 Å². The van der Waals surface area contributed by atoms with Crippen molar-refractivity contribution in [1.82, 2.24) is 0 Å². The van der Waals surface area contributed by atoms with E-state index in [9.17, 15) is 18.0 Å². The van der Waals surface area contributed by atoms with Crippen molar-refractivity contribution in [1.29, 1.82) is 0 Å². The maximum Gasteiger partial charge on any atom is 0.306 e. The Hall–Kier alpha value is -1.89. The summed E-state index contributed by atoms with van der Waals surface area (Å²) in [7, 11) is -3.38. The van der Waals surface area contributed by atoms with Crippen LogP contribution in [0.4, 0.5) is 5.69 Å². The number of carboxylic acids is 1. The topological polar surface area (TPSA) is 101 Å². The zero-order valence-corrected chi connectivity index (χ0v) is 15.6. The summed E-state index contributed by atoms with van der Waals surface area (Å²) >= 11 is 0. The molecule has 3 rings (SSSR count). The molecule has 2 aliphatic rings. The largest absolute Gasteiger partial charge is 0.481 e. The summed E-state index contributed by atoms with van der Waals surface area (Å²) in [6.45, 7) is 0. The summed E-state index contributed by atoms with van der Waals surface area (Å²) in [4.78, 5) is 22.9. The molecule has 1 aliphatic carbocycles. The van der Waals surface area contributed by atoms with E-state index in [1.54, 1.807) is 18.2 Å². The molecule has 26 heavy (non-hydrogen) atoms. The fourth-order valence-electron chi connectivity index (χ4n) is 3.88. The number of anilines is 1. The average molecular weight is 379 g/mol.